The average Bonchev–Trinajstić information content (AvgIpc) is 2.70. The van der Waals surface area contributed by atoms with Gasteiger partial charge in [-0.2, -0.15) is 0 Å². The molecule has 0 bridgehead atoms. The van der Waals surface area contributed by atoms with Crippen molar-refractivity contribution in [2.45, 2.75) is 20.0 Å². The molecule has 0 unspecified atom stereocenters. The third-order valence-electron chi connectivity index (χ3n) is 4.22. The summed E-state index contributed by atoms with van der Waals surface area (Å²) in [5.74, 6) is 0. The summed E-state index contributed by atoms with van der Waals surface area (Å²) in [6, 6.07) is 19.7. The Labute approximate surface area is 158 Å². The minimum absolute atomic E-state index is 0.247. The molecule has 0 N–H and O–H groups in total. The highest BCUT2D eigenvalue weighted by molar-refractivity contribution is 5.49. The molecular formula is C23H22N2O2. The van der Waals surface area contributed by atoms with Crippen LogP contribution in [0.5, 0.6) is 0 Å². The SMILES string of the molecule is Cc1cn(C/C=C/c2ccccc2)c(=O)n(C/C=C/c2ccccc2)c1=O. The van der Waals surface area contributed by atoms with Gasteiger partial charge in [0.25, 0.3) is 5.56 Å². The largest absolute Gasteiger partial charge is 0.331 e. The van der Waals surface area contributed by atoms with E-state index in [1.165, 1.54) is 4.57 Å². The van der Waals surface area contributed by atoms with Gasteiger partial charge in [-0.1, -0.05) is 85.0 Å². The Balaban J connectivity index is 1.80. The summed E-state index contributed by atoms with van der Waals surface area (Å²) in [7, 11) is 0. The van der Waals surface area contributed by atoms with Crippen molar-refractivity contribution in [1.29, 1.82) is 0 Å². The number of hydrogen-bond acceptors (Lipinski definition) is 2. The van der Waals surface area contributed by atoms with Gasteiger partial charge >= 0.3 is 5.69 Å². The fraction of sp³-hybridized carbons (Fsp3) is 0.130. The maximum atomic E-state index is 12.7. The molecule has 27 heavy (non-hydrogen) atoms. The molecule has 0 fully saturated rings. The van der Waals surface area contributed by atoms with E-state index in [1.54, 1.807) is 17.7 Å². The first-order valence-electron chi connectivity index (χ1n) is 8.89. The monoisotopic (exact) mass is 358 g/mol. The van der Waals surface area contributed by atoms with Crippen LogP contribution in [0, 0.1) is 6.92 Å². The molecule has 1 heterocycles. The van der Waals surface area contributed by atoms with Crippen LogP contribution >= 0.6 is 0 Å². The fourth-order valence-corrected chi connectivity index (χ4v) is 2.82. The Bertz CT molecular complexity index is 1060. The van der Waals surface area contributed by atoms with Gasteiger partial charge in [0.15, 0.2) is 0 Å². The summed E-state index contributed by atoms with van der Waals surface area (Å²) in [4.78, 5) is 25.1. The minimum atomic E-state index is -0.305. The van der Waals surface area contributed by atoms with Crippen molar-refractivity contribution in [1.82, 2.24) is 9.13 Å². The highest BCUT2D eigenvalue weighted by Crippen LogP contribution is 2.02. The second-order valence-corrected chi connectivity index (χ2v) is 6.29. The first-order valence-corrected chi connectivity index (χ1v) is 8.89. The van der Waals surface area contributed by atoms with Gasteiger partial charge in [0.1, 0.15) is 0 Å². The van der Waals surface area contributed by atoms with Gasteiger partial charge < -0.3 is 0 Å². The Hall–Kier alpha value is -3.40. The van der Waals surface area contributed by atoms with Crippen molar-refractivity contribution in [3.8, 4) is 0 Å². The zero-order valence-corrected chi connectivity index (χ0v) is 15.3. The van der Waals surface area contributed by atoms with Gasteiger partial charge in [0, 0.05) is 24.8 Å². The van der Waals surface area contributed by atoms with Crippen molar-refractivity contribution in [3.63, 3.8) is 0 Å². The van der Waals surface area contributed by atoms with Crippen LogP contribution in [-0.4, -0.2) is 9.13 Å². The maximum absolute atomic E-state index is 12.7. The molecule has 0 saturated carbocycles. The van der Waals surface area contributed by atoms with Gasteiger partial charge in [0.05, 0.1) is 0 Å². The Morgan fingerprint density at radius 3 is 1.85 bits per heavy atom. The van der Waals surface area contributed by atoms with E-state index in [0.29, 0.717) is 12.1 Å². The minimum Gasteiger partial charge on any atom is -0.296 e. The highest BCUT2D eigenvalue weighted by Gasteiger charge is 2.06. The summed E-state index contributed by atoms with van der Waals surface area (Å²) in [5.41, 5.74) is 2.10. The molecule has 0 aliphatic carbocycles. The molecule has 0 aliphatic heterocycles. The maximum Gasteiger partial charge on any atom is 0.331 e. The van der Waals surface area contributed by atoms with E-state index < -0.39 is 0 Å². The standard InChI is InChI=1S/C23H22N2O2/c1-19-18-24(16-8-14-20-10-4-2-5-11-20)23(27)25(22(19)26)17-9-15-21-12-6-3-7-13-21/h2-15,18H,16-17H2,1H3/b14-8+,15-9+. The van der Waals surface area contributed by atoms with Crippen LogP contribution in [0.4, 0.5) is 0 Å². The van der Waals surface area contributed by atoms with Crippen molar-refractivity contribution in [2.75, 3.05) is 0 Å². The zero-order valence-electron chi connectivity index (χ0n) is 15.3. The number of benzene rings is 2. The summed E-state index contributed by atoms with van der Waals surface area (Å²) < 4.78 is 2.83. The van der Waals surface area contributed by atoms with E-state index in [9.17, 15) is 9.59 Å². The van der Waals surface area contributed by atoms with Gasteiger partial charge in [-0.3, -0.25) is 13.9 Å². The summed E-state index contributed by atoms with van der Waals surface area (Å²) >= 11 is 0. The quantitative estimate of drug-likeness (QED) is 0.674. The second kappa shape index (κ2) is 8.81. The lowest BCUT2D eigenvalue weighted by Gasteiger charge is -2.08. The van der Waals surface area contributed by atoms with Crippen molar-refractivity contribution in [3.05, 3.63) is 117 Å². The van der Waals surface area contributed by atoms with Crippen LogP contribution in [0.3, 0.4) is 0 Å². The van der Waals surface area contributed by atoms with E-state index in [1.807, 2.05) is 85.0 Å². The van der Waals surface area contributed by atoms with E-state index in [2.05, 4.69) is 0 Å². The number of hydrogen-bond donors (Lipinski definition) is 0. The third kappa shape index (κ3) is 4.82. The third-order valence-corrected chi connectivity index (χ3v) is 4.22. The van der Waals surface area contributed by atoms with E-state index in [-0.39, 0.29) is 17.8 Å². The number of aromatic nitrogens is 2. The van der Waals surface area contributed by atoms with Crippen LogP contribution in [0.25, 0.3) is 12.2 Å². The summed E-state index contributed by atoms with van der Waals surface area (Å²) in [6.45, 7) is 2.39. The normalized spacial score (nSPS) is 11.4. The van der Waals surface area contributed by atoms with Crippen LogP contribution in [0.15, 0.2) is 88.6 Å². The Kier molecular flexibility index (Phi) is 6.00. The first kappa shape index (κ1) is 18.4. The van der Waals surface area contributed by atoms with E-state index in [0.717, 1.165) is 11.1 Å². The van der Waals surface area contributed by atoms with Crippen molar-refractivity contribution < 1.29 is 0 Å². The number of rotatable bonds is 6. The van der Waals surface area contributed by atoms with E-state index in [4.69, 9.17) is 0 Å². The molecule has 0 atom stereocenters. The lowest BCUT2D eigenvalue weighted by Crippen LogP contribution is -2.40. The lowest BCUT2D eigenvalue weighted by molar-refractivity contribution is 0.619. The van der Waals surface area contributed by atoms with Crippen LogP contribution in [-0.2, 0) is 13.1 Å². The molecule has 3 rings (SSSR count). The summed E-state index contributed by atoms with van der Waals surface area (Å²) in [6.07, 6.45) is 9.25. The van der Waals surface area contributed by atoms with Gasteiger partial charge in [-0.15, -0.1) is 0 Å². The molecule has 136 valence electrons. The van der Waals surface area contributed by atoms with Crippen LogP contribution < -0.4 is 11.2 Å². The number of allylic oxidation sites excluding steroid dienone is 2. The Morgan fingerprint density at radius 1 is 0.778 bits per heavy atom. The smallest absolute Gasteiger partial charge is 0.296 e. The molecule has 0 saturated heterocycles. The second-order valence-electron chi connectivity index (χ2n) is 6.29. The van der Waals surface area contributed by atoms with Crippen molar-refractivity contribution in [2.24, 2.45) is 0 Å². The number of nitrogens with zero attached hydrogens (tertiary/aromatic N) is 2. The average molecular weight is 358 g/mol. The van der Waals surface area contributed by atoms with Crippen LogP contribution in [0.1, 0.15) is 16.7 Å². The fourth-order valence-electron chi connectivity index (χ4n) is 2.82. The molecular weight excluding hydrogens is 336 g/mol. The Morgan fingerprint density at radius 2 is 1.30 bits per heavy atom. The highest BCUT2D eigenvalue weighted by atomic mass is 16.2. The molecule has 1 aromatic heterocycles. The predicted molar refractivity (Wildman–Crippen MR) is 111 cm³/mol. The number of aryl methyl sites for hydroxylation is 1. The molecule has 0 amide bonds. The zero-order chi connectivity index (χ0) is 19.1. The first-order chi connectivity index (χ1) is 13.1. The molecule has 4 heteroatoms. The van der Waals surface area contributed by atoms with E-state index >= 15 is 0 Å². The van der Waals surface area contributed by atoms with Gasteiger partial charge in [-0.25, -0.2) is 4.79 Å². The summed E-state index contributed by atoms with van der Waals surface area (Å²) in [5, 5.41) is 0. The molecule has 0 spiro atoms. The predicted octanol–water partition coefficient (Wildman–Crippen LogP) is 3.75. The topological polar surface area (TPSA) is 44.0 Å². The van der Waals surface area contributed by atoms with Gasteiger partial charge in [0.2, 0.25) is 0 Å². The molecule has 0 aliphatic rings. The lowest BCUT2D eigenvalue weighted by atomic mass is 10.2. The molecule has 4 nitrogen and oxygen atoms in total. The van der Waals surface area contributed by atoms with Gasteiger partial charge in [-0.05, 0) is 18.1 Å². The van der Waals surface area contributed by atoms with Crippen LogP contribution in [0.2, 0.25) is 0 Å². The molecule has 0 radical (unpaired) electrons. The molecule has 3 aromatic rings. The van der Waals surface area contributed by atoms with Crippen molar-refractivity contribution >= 4 is 12.2 Å². The molecule has 2 aromatic carbocycles.